The van der Waals surface area contributed by atoms with Gasteiger partial charge in [-0.3, -0.25) is 4.68 Å². The van der Waals surface area contributed by atoms with Crippen molar-refractivity contribution in [3.05, 3.63) is 52.3 Å². The van der Waals surface area contributed by atoms with Gasteiger partial charge < -0.3 is 0 Å². The number of halogens is 3. The fraction of sp³-hybridized carbons (Fsp3) is 0.400. The lowest BCUT2D eigenvalue weighted by Gasteiger charge is -2.30. The first-order chi connectivity index (χ1) is 9.50. The summed E-state index contributed by atoms with van der Waals surface area (Å²) in [4.78, 5) is 0. The van der Waals surface area contributed by atoms with Crippen molar-refractivity contribution in [3.63, 3.8) is 0 Å². The molecule has 0 N–H and O–H groups in total. The molecule has 5 heteroatoms. The lowest BCUT2D eigenvalue weighted by molar-refractivity contribution is 0.523. The first-order valence-corrected chi connectivity index (χ1v) is 9.00. The minimum atomic E-state index is -0.00910. The highest BCUT2D eigenvalue weighted by Crippen LogP contribution is 2.33. The Labute approximate surface area is 141 Å². The zero-order chi connectivity index (χ0) is 14.8. The van der Waals surface area contributed by atoms with Crippen LogP contribution in [0.2, 0.25) is 5.02 Å². The lowest BCUT2D eigenvalue weighted by Crippen LogP contribution is -2.33. The first-order valence-electron chi connectivity index (χ1n) is 6.38. The van der Waals surface area contributed by atoms with Gasteiger partial charge in [0.25, 0.3) is 0 Å². The van der Waals surface area contributed by atoms with E-state index in [1.807, 2.05) is 30.8 Å². The largest absolute Gasteiger partial charge is 0.272 e. The van der Waals surface area contributed by atoms with Crippen LogP contribution in [0.15, 0.2) is 30.3 Å². The molecule has 0 fully saturated rings. The predicted octanol–water partition coefficient (Wildman–Crippen LogP) is 4.65. The third kappa shape index (κ3) is 3.29. The summed E-state index contributed by atoms with van der Waals surface area (Å²) < 4.78 is 1.96. The van der Waals surface area contributed by atoms with Crippen LogP contribution < -0.4 is 0 Å². The van der Waals surface area contributed by atoms with Crippen LogP contribution in [0.1, 0.15) is 17.0 Å². The molecule has 0 amide bonds. The van der Waals surface area contributed by atoms with Gasteiger partial charge in [-0.1, -0.05) is 55.6 Å². The summed E-state index contributed by atoms with van der Waals surface area (Å²) in [5, 5.41) is 6.95. The second-order valence-corrected chi connectivity index (χ2v) is 6.69. The topological polar surface area (TPSA) is 17.8 Å². The molecule has 20 heavy (non-hydrogen) atoms. The van der Waals surface area contributed by atoms with E-state index >= 15 is 0 Å². The first kappa shape index (κ1) is 16.1. The van der Waals surface area contributed by atoms with E-state index in [9.17, 15) is 0 Å². The monoisotopic (exact) mass is 418 g/mol. The Kier molecular flexibility index (Phi) is 5.32. The molecule has 108 valence electrons. The summed E-state index contributed by atoms with van der Waals surface area (Å²) in [6, 6.07) is 10.3. The SMILES string of the molecule is Cc1cc(CC(CBr)(CBr)c2ccc(Cl)cc2)n(C)n1. The number of alkyl halides is 2. The molecule has 2 nitrogen and oxygen atoms in total. The second kappa shape index (κ2) is 6.63. The molecule has 2 rings (SSSR count). The fourth-order valence-corrected chi connectivity index (χ4v) is 4.46. The molecule has 1 aromatic carbocycles. The molecule has 0 aliphatic heterocycles. The third-order valence-corrected chi connectivity index (χ3v) is 5.99. The van der Waals surface area contributed by atoms with Crippen molar-refractivity contribution < 1.29 is 0 Å². The van der Waals surface area contributed by atoms with Crippen LogP contribution in [-0.4, -0.2) is 20.4 Å². The third-order valence-electron chi connectivity index (χ3n) is 3.59. The van der Waals surface area contributed by atoms with Crippen molar-refractivity contribution in [2.75, 3.05) is 10.7 Å². The maximum atomic E-state index is 6.00. The van der Waals surface area contributed by atoms with E-state index in [1.54, 1.807) is 0 Å². The van der Waals surface area contributed by atoms with Crippen LogP contribution in [0.25, 0.3) is 0 Å². The molecule has 0 saturated heterocycles. The smallest absolute Gasteiger partial charge is 0.0596 e. The summed E-state index contributed by atoms with van der Waals surface area (Å²) in [7, 11) is 2.00. The molecule has 0 bridgehead atoms. The van der Waals surface area contributed by atoms with E-state index in [4.69, 9.17) is 11.6 Å². The minimum Gasteiger partial charge on any atom is -0.272 e. The van der Waals surface area contributed by atoms with Crippen LogP contribution in [0.3, 0.4) is 0 Å². The van der Waals surface area contributed by atoms with E-state index in [2.05, 4.69) is 55.2 Å². The zero-order valence-electron chi connectivity index (χ0n) is 11.5. The Morgan fingerprint density at radius 3 is 2.25 bits per heavy atom. The van der Waals surface area contributed by atoms with Gasteiger partial charge in [0, 0.05) is 40.3 Å². The Bertz CT molecular complexity index is 574. The van der Waals surface area contributed by atoms with Crippen molar-refractivity contribution in [2.45, 2.75) is 18.8 Å². The predicted molar refractivity (Wildman–Crippen MR) is 92.4 cm³/mol. The zero-order valence-corrected chi connectivity index (χ0v) is 15.5. The molecule has 0 unspecified atom stereocenters. The van der Waals surface area contributed by atoms with Gasteiger partial charge in [-0.15, -0.1) is 0 Å². The molecule has 1 heterocycles. The number of hydrogen-bond donors (Lipinski definition) is 0. The summed E-state index contributed by atoms with van der Waals surface area (Å²) in [5.74, 6) is 0. The quantitative estimate of drug-likeness (QED) is 0.644. The highest BCUT2D eigenvalue weighted by atomic mass is 79.9. The molecular formula is C15H17Br2ClN2. The van der Waals surface area contributed by atoms with Crippen LogP contribution in [0.4, 0.5) is 0 Å². The number of aryl methyl sites for hydroxylation is 2. The molecule has 2 aromatic rings. The van der Waals surface area contributed by atoms with Crippen molar-refractivity contribution in [3.8, 4) is 0 Å². The Balaban J connectivity index is 2.39. The normalized spacial score (nSPS) is 11.8. The highest BCUT2D eigenvalue weighted by molar-refractivity contribution is 9.09. The van der Waals surface area contributed by atoms with Crippen LogP contribution in [-0.2, 0) is 18.9 Å². The molecule has 0 radical (unpaired) electrons. The van der Waals surface area contributed by atoms with E-state index in [1.165, 1.54) is 11.3 Å². The van der Waals surface area contributed by atoms with Crippen molar-refractivity contribution in [1.29, 1.82) is 0 Å². The molecule has 0 aliphatic rings. The van der Waals surface area contributed by atoms with Crippen molar-refractivity contribution in [1.82, 2.24) is 9.78 Å². The molecular weight excluding hydrogens is 403 g/mol. The summed E-state index contributed by atoms with van der Waals surface area (Å²) >= 11 is 13.4. The summed E-state index contributed by atoms with van der Waals surface area (Å²) in [6.07, 6.45) is 0.919. The number of rotatable bonds is 5. The fourth-order valence-electron chi connectivity index (χ4n) is 2.37. The van der Waals surface area contributed by atoms with Crippen molar-refractivity contribution in [2.24, 2.45) is 7.05 Å². The number of benzene rings is 1. The molecule has 1 aromatic heterocycles. The average molecular weight is 421 g/mol. The van der Waals surface area contributed by atoms with E-state index in [-0.39, 0.29) is 5.41 Å². The lowest BCUT2D eigenvalue weighted by atomic mass is 9.80. The van der Waals surface area contributed by atoms with Gasteiger partial charge in [0.15, 0.2) is 0 Å². The summed E-state index contributed by atoms with van der Waals surface area (Å²) in [5.41, 5.74) is 3.55. The van der Waals surface area contributed by atoms with Gasteiger partial charge >= 0.3 is 0 Å². The van der Waals surface area contributed by atoms with Crippen LogP contribution >= 0.6 is 43.5 Å². The number of nitrogens with zero attached hydrogens (tertiary/aromatic N) is 2. The Morgan fingerprint density at radius 2 is 1.80 bits per heavy atom. The number of hydrogen-bond acceptors (Lipinski definition) is 1. The molecule has 0 saturated carbocycles. The van der Waals surface area contributed by atoms with Crippen LogP contribution in [0.5, 0.6) is 0 Å². The maximum absolute atomic E-state index is 6.00. The van der Waals surface area contributed by atoms with E-state index in [0.717, 1.165) is 27.8 Å². The standard InChI is InChI=1S/C15H17Br2ClN2/c1-11-7-14(20(2)19-11)8-15(9-16,10-17)12-3-5-13(18)6-4-12/h3-7H,8-10H2,1-2H3. The van der Waals surface area contributed by atoms with E-state index < -0.39 is 0 Å². The van der Waals surface area contributed by atoms with Gasteiger partial charge in [-0.2, -0.15) is 5.10 Å². The Morgan fingerprint density at radius 1 is 1.20 bits per heavy atom. The average Bonchev–Trinajstić information content (AvgIpc) is 2.75. The molecule has 0 atom stereocenters. The van der Waals surface area contributed by atoms with Gasteiger partial charge in [0.1, 0.15) is 0 Å². The minimum absolute atomic E-state index is 0.00910. The second-order valence-electron chi connectivity index (χ2n) is 5.13. The van der Waals surface area contributed by atoms with Gasteiger partial charge in [-0.05, 0) is 30.7 Å². The van der Waals surface area contributed by atoms with Gasteiger partial charge in [0.2, 0.25) is 0 Å². The molecule has 0 aliphatic carbocycles. The Hall–Kier alpha value is -0.320. The summed E-state index contributed by atoms with van der Waals surface area (Å²) in [6.45, 7) is 2.02. The molecule has 0 spiro atoms. The van der Waals surface area contributed by atoms with Crippen LogP contribution in [0, 0.1) is 6.92 Å². The van der Waals surface area contributed by atoms with Gasteiger partial charge in [-0.25, -0.2) is 0 Å². The maximum Gasteiger partial charge on any atom is 0.0596 e. The van der Waals surface area contributed by atoms with E-state index in [0.29, 0.717) is 0 Å². The van der Waals surface area contributed by atoms with Gasteiger partial charge in [0.05, 0.1) is 5.69 Å². The highest BCUT2D eigenvalue weighted by Gasteiger charge is 2.31. The number of aromatic nitrogens is 2. The van der Waals surface area contributed by atoms with Crippen molar-refractivity contribution >= 4 is 43.5 Å².